The molecule has 2 amide bonds. The van der Waals surface area contributed by atoms with Crippen molar-refractivity contribution >= 4 is 23.5 Å². The van der Waals surface area contributed by atoms with Crippen LogP contribution in [0.5, 0.6) is 11.6 Å². The molecule has 0 aliphatic heterocycles. The van der Waals surface area contributed by atoms with Crippen LogP contribution in [0.4, 0.5) is 5.69 Å². The molecular formula is C23H22N4O7. The highest BCUT2D eigenvalue weighted by Gasteiger charge is 2.30. The van der Waals surface area contributed by atoms with E-state index in [0.29, 0.717) is 5.56 Å². The first-order chi connectivity index (χ1) is 16.1. The number of aliphatic carboxylic acids is 1. The summed E-state index contributed by atoms with van der Waals surface area (Å²) in [4.78, 5) is 53.4. The van der Waals surface area contributed by atoms with E-state index in [1.54, 1.807) is 13.0 Å². The van der Waals surface area contributed by atoms with Gasteiger partial charge in [-0.05, 0) is 37.1 Å². The van der Waals surface area contributed by atoms with Crippen LogP contribution in [0.3, 0.4) is 0 Å². The molecule has 3 rings (SSSR count). The molecule has 0 aliphatic rings. The van der Waals surface area contributed by atoms with Crippen molar-refractivity contribution in [1.29, 1.82) is 0 Å². The lowest BCUT2D eigenvalue weighted by Gasteiger charge is -2.17. The number of hydrogen-bond donors (Lipinski definition) is 5. The summed E-state index contributed by atoms with van der Waals surface area (Å²) in [5, 5.41) is 34.7. The molecule has 2 heterocycles. The molecule has 0 radical (unpaired) electrons. The molecule has 3 aromatic rings. The predicted octanol–water partition coefficient (Wildman–Crippen LogP) is 1.39. The smallest absolute Gasteiger partial charge is 0.322 e. The molecule has 0 aliphatic carbocycles. The molecule has 1 aromatic carbocycles. The van der Waals surface area contributed by atoms with Crippen LogP contribution in [0.15, 0.2) is 47.5 Å². The zero-order valence-corrected chi connectivity index (χ0v) is 18.3. The first kappa shape index (κ1) is 24.0. The lowest BCUT2D eigenvalue weighted by molar-refractivity contribution is -0.135. The molecule has 2 aromatic heterocycles. The van der Waals surface area contributed by atoms with Gasteiger partial charge in [0.15, 0.2) is 5.75 Å². The zero-order valence-electron chi connectivity index (χ0n) is 18.3. The molecule has 0 fully saturated rings. The Morgan fingerprint density at radius 3 is 2.44 bits per heavy atom. The Labute approximate surface area is 193 Å². The van der Waals surface area contributed by atoms with Gasteiger partial charge in [-0.1, -0.05) is 23.8 Å². The molecule has 34 heavy (non-hydrogen) atoms. The molecule has 11 nitrogen and oxygen atoms in total. The van der Waals surface area contributed by atoms with E-state index in [1.807, 2.05) is 24.4 Å². The van der Waals surface area contributed by atoms with E-state index in [-0.39, 0.29) is 12.2 Å². The quantitative estimate of drug-likeness (QED) is 0.348. The lowest BCUT2D eigenvalue weighted by Crippen LogP contribution is -2.34. The van der Waals surface area contributed by atoms with Gasteiger partial charge in [0.05, 0.1) is 18.4 Å². The van der Waals surface area contributed by atoms with Gasteiger partial charge in [0.25, 0.3) is 17.4 Å². The van der Waals surface area contributed by atoms with Crippen LogP contribution in [-0.2, 0) is 11.3 Å². The fourth-order valence-corrected chi connectivity index (χ4v) is 3.27. The van der Waals surface area contributed by atoms with E-state index in [0.717, 1.165) is 15.7 Å². The topological polar surface area (TPSA) is 171 Å². The number of hydrogen-bond acceptors (Lipinski definition) is 7. The lowest BCUT2D eigenvalue weighted by atomic mass is 10.0. The number of benzene rings is 1. The summed E-state index contributed by atoms with van der Waals surface area (Å²) in [6, 6.07) is 8.47. The maximum Gasteiger partial charge on any atom is 0.322 e. The number of nitrogens with zero attached hydrogens (tertiary/aromatic N) is 2. The van der Waals surface area contributed by atoms with Crippen molar-refractivity contribution in [3.05, 3.63) is 80.9 Å². The van der Waals surface area contributed by atoms with Crippen molar-refractivity contribution in [2.75, 3.05) is 11.9 Å². The molecule has 11 heteroatoms. The van der Waals surface area contributed by atoms with Crippen LogP contribution in [0.25, 0.3) is 0 Å². The third-order valence-electron chi connectivity index (χ3n) is 5.02. The minimum atomic E-state index is -1.37. The van der Waals surface area contributed by atoms with E-state index in [9.17, 15) is 29.4 Å². The maximum atomic E-state index is 13.2. The molecule has 0 atom stereocenters. The minimum Gasteiger partial charge on any atom is -0.506 e. The number of aromatic nitrogens is 2. The second-order valence-electron chi connectivity index (χ2n) is 7.52. The molecule has 5 N–H and O–H groups in total. The number of carbonyl (C=O) groups is 3. The molecular weight excluding hydrogens is 444 g/mol. The highest BCUT2D eigenvalue weighted by molar-refractivity contribution is 6.09. The van der Waals surface area contributed by atoms with Crippen LogP contribution < -0.4 is 16.2 Å². The summed E-state index contributed by atoms with van der Waals surface area (Å²) in [6.07, 6.45) is 2.78. The molecule has 0 unspecified atom stereocenters. The Kier molecular flexibility index (Phi) is 6.95. The van der Waals surface area contributed by atoms with Crippen LogP contribution in [0.2, 0.25) is 0 Å². The Hall–Kier alpha value is -4.67. The van der Waals surface area contributed by atoms with Gasteiger partial charge >= 0.3 is 5.97 Å². The van der Waals surface area contributed by atoms with Crippen molar-refractivity contribution in [1.82, 2.24) is 14.9 Å². The van der Waals surface area contributed by atoms with Gasteiger partial charge in [-0.15, -0.1) is 0 Å². The van der Waals surface area contributed by atoms with Gasteiger partial charge in [0, 0.05) is 6.20 Å². The third-order valence-corrected chi connectivity index (χ3v) is 5.02. The maximum absolute atomic E-state index is 13.2. The monoisotopic (exact) mass is 466 g/mol. The summed E-state index contributed by atoms with van der Waals surface area (Å²) in [5.74, 6) is -5.58. The Morgan fingerprint density at radius 2 is 1.79 bits per heavy atom. The van der Waals surface area contributed by atoms with E-state index >= 15 is 0 Å². The first-order valence-corrected chi connectivity index (χ1v) is 10.1. The Bertz CT molecular complexity index is 1330. The number of rotatable bonds is 7. The summed E-state index contributed by atoms with van der Waals surface area (Å²) in [7, 11) is 0. The SMILES string of the molecule is Cc1ccc(C)c(Cn2c(O)c(C(=O)NCC(=O)O)c(O)c(C(=O)Nc3cccnc3)c2=O)c1. The summed E-state index contributed by atoms with van der Waals surface area (Å²) < 4.78 is 0.773. The second-order valence-corrected chi connectivity index (χ2v) is 7.52. The van der Waals surface area contributed by atoms with Gasteiger partial charge in [-0.2, -0.15) is 0 Å². The Morgan fingerprint density at radius 1 is 1.06 bits per heavy atom. The zero-order chi connectivity index (χ0) is 25.0. The Balaban J connectivity index is 2.18. The van der Waals surface area contributed by atoms with Crippen molar-refractivity contribution in [3.63, 3.8) is 0 Å². The number of carbonyl (C=O) groups excluding carboxylic acids is 2. The highest BCUT2D eigenvalue weighted by atomic mass is 16.4. The average Bonchev–Trinajstić information content (AvgIpc) is 2.78. The number of nitrogens with one attached hydrogen (secondary N) is 2. The van der Waals surface area contributed by atoms with E-state index in [2.05, 4.69) is 10.3 Å². The number of carboxylic acids is 1. The summed E-state index contributed by atoms with van der Waals surface area (Å²) >= 11 is 0. The number of aryl methyl sites for hydroxylation is 2. The minimum absolute atomic E-state index is 0.217. The number of amides is 2. The number of pyridine rings is 2. The van der Waals surface area contributed by atoms with E-state index in [4.69, 9.17) is 5.11 Å². The van der Waals surface area contributed by atoms with Gasteiger partial charge in [0.1, 0.15) is 17.7 Å². The van der Waals surface area contributed by atoms with Gasteiger partial charge in [-0.25, -0.2) is 0 Å². The number of anilines is 1. The largest absolute Gasteiger partial charge is 0.506 e. The molecule has 0 spiro atoms. The van der Waals surface area contributed by atoms with E-state index in [1.165, 1.54) is 24.5 Å². The average molecular weight is 466 g/mol. The summed E-state index contributed by atoms with van der Waals surface area (Å²) in [5.41, 5.74) is -0.151. The van der Waals surface area contributed by atoms with Gasteiger partial charge in [0.2, 0.25) is 5.88 Å². The molecule has 0 bridgehead atoms. The highest BCUT2D eigenvalue weighted by Crippen LogP contribution is 2.29. The second kappa shape index (κ2) is 9.86. The van der Waals surface area contributed by atoms with Crippen molar-refractivity contribution in [2.45, 2.75) is 20.4 Å². The fourth-order valence-electron chi connectivity index (χ4n) is 3.27. The number of carboxylic acid groups (broad SMARTS) is 1. The standard InChI is InChI=1S/C23H22N4O7/c1-12-5-6-13(2)14(8-12)11-27-22(33)17(20(31)25-10-16(28)29)19(30)18(23(27)34)21(32)26-15-4-3-7-24-9-15/h3-9,30,33H,10-11H2,1-2H3,(H,25,31)(H,26,32)(H,28,29). The van der Waals surface area contributed by atoms with Crippen LogP contribution in [0, 0.1) is 13.8 Å². The van der Waals surface area contributed by atoms with Crippen molar-refractivity contribution in [3.8, 4) is 11.6 Å². The third kappa shape index (κ3) is 5.04. The normalized spacial score (nSPS) is 10.5. The van der Waals surface area contributed by atoms with Crippen molar-refractivity contribution < 1.29 is 29.7 Å². The molecule has 176 valence electrons. The predicted molar refractivity (Wildman–Crippen MR) is 121 cm³/mol. The van der Waals surface area contributed by atoms with E-state index < -0.39 is 52.6 Å². The van der Waals surface area contributed by atoms with Gasteiger partial charge < -0.3 is 26.0 Å². The molecule has 0 saturated heterocycles. The van der Waals surface area contributed by atoms with Crippen LogP contribution in [0.1, 0.15) is 37.4 Å². The fraction of sp³-hybridized carbons (Fsp3) is 0.174. The van der Waals surface area contributed by atoms with Crippen LogP contribution in [-0.4, -0.2) is 49.2 Å². The van der Waals surface area contributed by atoms with Gasteiger partial charge in [-0.3, -0.25) is 28.7 Å². The first-order valence-electron chi connectivity index (χ1n) is 10.1. The molecule has 0 saturated carbocycles. The van der Waals surface area contributed by atoms with Crippen LogP contribution >= 0.6 is 0 Å². The summed E-state index contributed by atoms with van der Waals surface area (Å²) in [6.45, 7) is 2.59. The van der Waals surface area contributed by atoms with Crippen molar-refractivity contribution in [2.24, 2.45) is 0 Å². The number of aromatic hydroxyl groups is 2.